The van der Waals surface area contributed by atoms with E-state index in [0.717, 1.165) is 11.4 Å². The van der Waals surface area contributed by atoms with Gasteiger partial charge in [0, 0.05) is 36.9 Å². The summed E-state index contributed by atoms with van der Waals surface area (Å²) < 4.78 is 32.4. The van der Waals surface area contributed by atoms with Crippen LogP contribution in [0.1, 0.15) is 6.92 Å². The van der Waals surface area contributed by atoms with E-state index in [1.807, 2.05) is 31.2 Å². The van der Waals surface area contributed by atoms with Crippen LogP contribution >= 0.6 is 11.6 Å². The zero-order chi connectivity index (χ0) is 17.9. The van der Waals surface area contributed by atoms with Crippen LogP contribution in [-0.2, 0) is 10.0 Å². The van der Waals surface area contributed by atoms with Crippen LogP contribution in [0.15, 0.2) is 53.4 Å². The number of halogens is 1. The smallest absolute Gasteiger partial charge is 0.243 e. The van der Waals surface area contributed by atoms with Gasteiger partial charge in [0.1, 0.15) is 5.75 Å². The molecule has 1 saturated heterocycles. The molecule has 0 unspecified atom stereocenters. The van der Waals surface area contributed by atoms with Gasteiger partial charge in [-0.1, -0.05) is 11.6 Å². The Labute approximate surface area is 153 Å². The summed E-state index contributed by atoms with van der Waals surface area (Å²) in [6, 6.07) is 14.2. The standard InChI is InChI=1S/C18H21ClN2O3S/c1-2-24-17-7-5-16(6-8-17)20-11-13-21(14-12-20)25(22,23)18-9-3-15(19)4-10-18/h3-10H,2,11-14H2,1H3. The summed E-state index contributed by atoms with van der Waals surface area (Å²) in [5.74, 6) is 0.843. The largest absolute Gasteiger partial charge is 0.494 e. The van der Waals surface area contributed by atoms with Crippen molar-refractivity contribution in [2.45, 2.75) is 11.8 Å². The van der Waals surface area contributed by atoms with Crippen LogP contribution in [0.3, 0.4) is 0 Å². The molecule has 1 aliphatic rings. The van der Waals surface area contributed by atoms with Gasteiger partial charge in [0.05, 0.1) is 11.5 Å². The minimum atomic E-state index is -3.47. The Morgan fingerprint density at radius 3 is 2.12 bits per heavy atom. The van der Waals surface area contributed by atoms with E-state index >= 15 is 0 Å². The van der Waals surface area contributed by atoms with Gasteiger partial charge < -0.3 is 9.64 Å². The van der Waals surface area contributed by atoms with Gasteiger partial charge in [-0.3, -0.25) is 0 Å². The molecule has 2 aromatic rings. The van der Waals surface area contributed by atoms with E-state index in [9.17, 15) is 8.42 Å². The van der Waals surface area contributed by atoms with E-state index in [1.165, 1.54) is 4.31 Å². The number of benzene rings is 2. The monoisotopic (exact) mass is 380 g/mol. The van der Waals surface area contributed by atoms with Gasteiger partial charge in [0.15, 0.2) is 0 Å². The molecule has 0 atom stereocenters. The minimum absolute atomic E-state index is 0.284. The zero-order valence-corrected chi connectivity index (χ0v) is 15.6. The first-order valence-corrected chi connectivity index (χ1v) is 10.1. The van der Waals surface area contributed by atoms with Crippen LogP contribution in [-0.4, -0.2) is 45.5 Å². The summed E-state index contributed by atoms with van der Waals surface area (Å²) in [5.41, 5.74) is 1.08. The highest BCUT2D eigenvalue weighted by molar-refractivity contribution is 7.89. The van der Waals surface area contributed by atoms with Crippen molar-refractivity contribution in [2.24, 2.45) is 0 Å². The fraction of sp³-hybridized carbons (Fsp3) is 0.333. The summed E-state index contributed by atoms with van der Waals surface area (Å²) in [6.07, 6.45) is 0. The number of rotatable bonds is 5. The second-order valence-corrected chi connectivity index (χ2v) is 8.15. The zero-order valence-electron chi connectivity index (χ0n) is 14.1. The fourth-order valence-electron chi connectivity index (χ4n) is 2.86. The average molecular weight is 381 g/mol. The quantitative estimate of drug-likeness (QED) is 0.799. The summed E-state index contributed by atoms with van der Waals surface area (Å²) in [7, 11) is -3.47. The van der Waals surface area contributed by atoms with Crippen LogP contribution in [0.5, 0.6) is 5.75 Å². The average Bonchev–Trinajstić information content (AvgIpc) is 2.63. The van der Waals surface area contributed by atoms with Gasteiger partial charge in [-0.2, -0.15) is 4.31 Å². The Hall–Kier alpha value is -1.76. The molecule has 1 fully saturated rings. The maximum Gasteiger partial charge on any atom is 0.243 e. The van der Waals surface area contributed by atoms with Gasteiger partial charge in [0.2, 0.25) is 10.0 Å². The number of piperazine rings is 1. The lowest BCUT2D eigenvalue weighted by atomic mass is 10.2. The molecule has 0 saturated carbocycles. The van der Waals surface area contributed by atoms with E-state index in [4.69, 9.17) is 16.3 Å². The van der Waals surface area contributed by atoms with Crippen LogP contribution in [0, 0.1) is 0 Å². The number of ether oxygens (including phenoxy) is 1. The van der Waals surface area contributed by atoms with Crippen LogP contribution in [0.25, 0.3) is 0 Å². The van der Waals surface area contributed by atoms with Crippen LogP contribution < -0.4 is 9.64 Å². The number of anilines is 1. The number of hydrogen-bond donors (Lipinski definition) is 0. The molecular formula is C18H21ClN2O3S. The SMILES string of the molecule is CCOc1ccc(N2CCN(S(=O)(=O)c3ccc(Cl)cc3)CC2)cc1. The molecule has 2 aromatic carbocycles. The molecule has 0 aliphatic carbocycles. The lowest BCUT2D eigenvalue weighted by molar-refractivity contribution is 0.340. The molecule has 0 spiro atoms. The Bertz CT molecular complexity index is 799. The lowest BCUT2D eigenvalue weighted by Crippen LogP contribution is -2.48. The molecule has 0 N–H and O–H groups in total. The van der Waals surface area contributed by atoms with Crippen molar-refractivity contribution in [1.29, 1.82) is 0 Å². The normalized spacial score (nSPS) is 16.0. The summed E-state index contributed by atoms with van der Waals surface area (Å²) in [5, 5.41) is 0.527. The van der Waals surface area contributed by atoms with Crippen LogP contribution in [0.2, 0.25) is 5.02 Å². The van der Waals surface area contributed by atoms with E-state index in [2.05, 4.69) is 4.90 Å². The third-order valence-corrected chi connectivity index (χ3v) is 6.37. The maximum absolute atomic E-state index is 12.7. The molecule has 1 heterocycles. The predicted octanol–water partition coefficient (Wildman–Crippen LogP) is 3.25. The number of sulfonamides is 1. The molecule has 3 rings (SSSR count). The van der Waals surface area contributed by atoms with Gasteiger partial charge in [-0.25, -0.2) is 8.42 Å². The first kappa shape index (κ1) is 18.0. The highest BCUT2D eigenvalue weighted by Crippen LogP contribution is 2.24. The third-order valence-electron chi connectivity index (χ3n) is 4.20. The highest BCUT2D eigenvalue weighted by Gasteiger charge is 2.28. The molecule has 25 heavy (non-hydrogen) atoms. The van der Waals surface area contributed by atoms with Gasteiger partial charge in [-0.15, -0.1) is 0 Å². The van der Waals surface area contributed by atoms with Crippen molar-refractivity contribution in [2.75, 3.05) is 37.7 Å². The second kappa shape index (κ2) is 7.64. The molecule has 0 bridgehead atoms. The van der Waals surface area contributed by atoms with Crippen LogP contribution in [0.4, 0.5) is 5.69 Å². The third kappa shape index (κ3) is 4.08. The highest BCUT2D eigenvalue weighted by atomic mass is 35.5. The Morgan fingerprint density at radius 2 is 1.56 bits per heavy atom. The van der Waals surface area contributed by atoms with Gasteiger partial charge in [-0.05, 0) is 55.5 Å². The van der Waals surface area contributed by atoms with E-state index < -0.39 is 10.0 Å². The Balaban J connectivity index is 1.65. The maximum atomic E-state index is 12.7. The molecular weight excluding hydrogens is 360 g/mol. The Kier molecular flexibility index (Phi) is 5.51. The molecule has 5 nitrogen and oxygen atoms in total. The minimum Gasteiger partial charge on any atom is -0.494 e. The summed E-state index contributed by atoms with van der Waals surface area (Å²) in [4.78, 5) is 2.47. The second-order valence-electron chi connectivity index (χ2n) is 5.77. The molecule has 1 aliphatic heterocycles. The fourth-order valence-corrected chi connectivity index (χ4v) is 4.41. The van der Waals surface area contributed by atoms with E-state index in [0.29, 0.717) is 37.8 Å². The van der Waals surface area contributed by atoms with Gasteiger partial charge in [0.25, 0.3) is 0 Å². The first-order valence-electron chi connectivity index (χ1n) is 8.24. The molecule has 134 valence electrons. The van der Waals surface area contributed by atoms with Crippen molar-refractivity contribution < 1.29 is 13.2 Å². The molecule has 0 radical (unpaired) electrons. The van der Waals surface area contributed by atoms with Crippen molar-refractivity contribution in [1.82, 2.24) is 4.31 Å². The number of nitrogens with zero attached hydrogens (tertiary/aromatic N) is 2. The lowest BCUT2D eigenvalue weighted by Gasteiger charge is -2.35. The Morgan fingerprint density at radius 1 is 0.960 bits per heavy atom. The molecule has 0 aromatic heterocycles. The topological polar surface area (TPSA) is 49.9 Å². The van der Waals surface area contributed by atoms with E-state index in [1.54, 1.807) is 24.3 Å². The van der Waals surface area contributed by atoms with Crippen molar-refractivity contribution in [3.63, 3.8) is 0 Å². The molecule has 0 amide bonds. The molecule has 7 heteroatoms. The van der Waals surface area contributed by atoms with Crippen molar-refractivity contribution >= 4 is 27.3 Å². The van der Waals surface area contributed by atoms with E-state index in [-0.39, 0.29) is 4.90 Å². The first-order chi connectivity index (χ1) is 12.0. The summed E-state index contributed by atoms with van der Waals surface area (Å²) in [6.45, 7) is 4.81. The van der Waals surface area contributed by atoms with Gasteiger partial charge >= 0.3 is 0 Å². The van der Waals surface area contributed by atoms with Crippen molar-refractivity contribution in [3.05, 3.63) is 53.6 Å². The number of hydrogen-bond acceptors (Lipinski definition) is 4. The van der Waals surface area contributed by atoms with Crippen molar-refractivity contribution in [3.8, 4) is 5.75 Å². The predicted molar refractivity (Wildman–Crippen MR) is 100 cm³/mol. The summed E-state index contributed by atoms with van der Waals surface area (Å²) >= 11 is 5.84.